The highest BCUT2D eigenvalue weighted by atomic mass is 32.2. The van der Waals surface area contributed by atoms with Crippen LogP contribution in [-0.4, -0.2) is 48.6 Å². The Morgan fingerprint density at radius 1 is 1.50 bits per heavy atom. The molecule has 1 unspecified atom stereocenters. The molecule has 6 heteroatoms. The second kappa shape index (κ2) is 6.28. The number of thioether (sulfide) groups is 1. The van der Waals surface area contributed by atoms with Crippen LogP contribution in [-0.2, 0) is 9.59 Å². The molecule has 2 N–H and O–H groups in total. The number of carbonyl (C=O) groups excluding carboxylic acids is 2. The number of nitrogens with two attached hydrogens (primary N) is 1. The number of para-hydroxylation sites is 1. The monoisotopic (exact) mass is 293 g/mol. The van der Waals surface area contributed by atoms with Gasteiger partial charge in [0, 0.05) is 24.5 Å². The van der Waals surface area contributed by atoms with Crippen molar-refractivity contribution in [3.63, 3.8) is 0 Å². The maximum Gasteiger partial charge on any atom is 0.242 e. The number of carbonyl (C=O) groups is 2. The lowest BCUT2D eigenvalue weighted by Crippen LogP contribution is -2.47. The highest BCUT2D eigenvalue weighted by Gasteiger charge is 2.27. The van der Waals surface area contributed by atoms with E-state index >= 15 is 0 Å². The topological polar surface area (TPSA) is 66.6 Å². The summed E-state index contributed by atoms with van der Waals surface area (Å²) in [5.41, 5.74) is 6.39. The molecule has 1 aliphatic heterocycles. The van der Waals surface area contributed by atoms with Crippen molar-refractivity contribution in [3.8, 4) is 0 Å². The van der Waals surface area contributed by atoms with Crippen LogP contribution in [0.4, 0.5) is 5.69 Å². The number of nitrogens with zero attached hydrogens (tertiary/aromatic N) is 2. The van der Waals surface area contributed by atoms with Crippen LogP contribution < -0.4 is 10.6 Å². The Bertz CT molecular complexity index is 521. The number of fused-ring (bicyclic) bond motifs is 1. The van der Waals surface area contributed by atoms with Gasteiger partial charge in [0.25, 0.3) is 0 Å². The van der Waals surface area contributed by atoms with Gasteiger partial charge in [-0.05, 0) is 19.1 Å². The molecule has 5 nitrogen and oxygen atoms in total. The molecular formula is C14H19N3O2S. The van der Waals surface area contributed by atoms with Gasteiger partial charge in [-0.3, -0.25) is 9.59 Å². The van der Waals surface area contributed by atoms with E-state index in [1.54, 1.807) is 16.8 Å². The Balaban J connectivity index is 2.16. The van der Waals surface area contributed by atoms with Gasteiger partial charge >= 0.3 is 0 Å². The average Bonchev–Trinajstić information content (AvgIpc) is 2.48. The normalized spacial score (nSPS) is 15.8. The van der Waals surface area contributed by atoms with Crippen molar-refractivity contribution in [1.82, 2.24) is 4.90 Å². The zero-order chi connectivity index (χ0) is 14.7. The van der Waals surface area contributed by atoms with Crippen LogP contribution in [0.2, 0.25) is 0 Å². The molecule has 1 aromatic rings. The smallest absolute Gasteiger partial charge is 0.242 e. The van der Waals surface area contributed by atoms with Crippen molar-refractivity contribution in [3.05, 3.63) is 24.3 Å². The van der Waals surface area contributed by atoms with Crippen molar-refractivity contribution in [2.45, 2.75) is 17.9 Å². The lowest BCUT2D eigenvalue weighted by Gasteiger charge is -2.31. The van der Waals surface area contributed by atoms with Gasteiger partial charge < -0.3 is 15.5 Å². The predicted octanol–water partition coefficient (Wildman–Crippen LogP) is 0.931. The van der Waals surface area contributed by atoms with E-state index in [1.807, 2.05) is 31.2 Å². The quantitative estimate of drug-likeness (QED) is 0.897. The molecule has 0 fully saturated rings. The van der Waals surface area contributed by atoms with E-state index in [0.29, 0.717) is 12.3 Å². The van der Waals surface area contributed by atoms with Crippen molar-refractivity contribution >= 4 is 29.3 Å². The fourth-order valence-corrected chi connectivity index (χ4v) is 2.91. The molecule has 0 saturated carbocycles. The number of rotatable bonds is 4. The molecule has 0 aliphatic carbocycles. The summed E-state index contributed by atoms with van der Waals surface area (Å²) in [5, 5.41) is 0. The fraction of sp³-hybridized carbons (Fsp3) is 0.429. The Morgan fingerprint density at radius 2 is 2.20 bits per heavy atom. The fourth-order valence-electron chi connectivity index (χ4n) is 1.98. The Labute approximate surface area is 123 Å². The van der Waals surface area contributed by atoms with Crippen LogP contribution in [0.5, 0.6) is 0 Å². The molecule has 0 aromatic heterocycles. The highest BCUT2D eigenvalue weighted by Crippen LogP contribution is 2.34. The van der Waals surface area contributed by atoms with Crippen molar-refractivity contribution in [2.75, 3.05) is 30.8 Å². The first-order valence-electron chi connectivity index (χ1n) is 6.52. The van der Waals surface area contributed by atoms with Gasteiger partial charge in [0.1, 0.15) is 6.54 Å². The molecule has 1 heterocycles. The third-order valence-corrected chi connectivity index (χ3v) is 4.54. The Hall–Kier alpha value is -1.53. The summed E-state index contributed by atoms with van der Waals surface area (Å²) in [6, 6.07) is 7.62. The van der Waals surface area contributed by atoms with Crippen molar-refractivity contribution in [2.24, 2.45) is 5.73 Å². The maximum atomic E-state index is 12.2. The van der Waals surface area contributed by atoms with Crippen molar-refractivity contribution < 1.29 is 9.59 Å². The van der Waals surface area contributed by atoms with Gasteiger partial charge in [0.15, 0.2) is 0 Å². The van der Waals surface area contributed by atoms with Gasteiger partial charge in [-0.15, -0.1) is 11.8 Å². The summed E-state index contributed by atoms with van der Waals surface area (Å²) in [6.45, 7) is 2.36. The zero-order valence-corrected chi connectivity index (χ0v) is 12.5. The summed E-state index contributed by atoms with van der Waals surface area (Å²) in [6.07, 6.45) is 0. The molecule has 108 valence electrons. The van der Waals surface area contributed by atoms with E-state index in [0.717, 1.165) is 10.6 Å². The number of amides is 2. The lowest BCUT2D eigenvalue weighted by atomic mass is 10.2. The molecule has 0 radical (unpaired) electrons. The second-order valence-electron chi connectivity index (χ2n) is 4.83. The first-order chi connectivity index (χ1) is 9.54. The molecule has 2 amide bonds. The van der Waals surface area contributed by atoms with Crippen LogP contribution in [0.25, 0.3) is 0 Å². The van der Waals surface area contributed by atoms with Crippen LogP contribution >= 0.6 is 11.8 Å². The van der Waals surface area contributed by atoms with Crippen LogP contribution in [0.1, 0.15) is 6.92 Å². The summed E-state index contributed by atoms with van der Waals surface area (Å²) >= 11 is 1.51. The molecule has 0 saturated heterocycles. The second-order valence-corrected chi connectivity index (χ2v) is 5.84. The van der Waals surface area contributed by atoms with E-state index in [4.69, 9.17) is 5.73 Å². The number of hydrogen-bond donors (Lipinski definition) is 1. The third-order valence-electron chi connectivity index (χ3n) is 3.50. The lowest BCUT2D eigenvalue weighted by molar-refractivity contribution is -0.131. The van der Waals surface area contributed by atoms with E-state index in [9.17, 15) is 9.59 Å². The van der Waals surface area contributed by atoms with Gasteiger partial charge in [0.2, 0.25) is 11.8 Å². The number of hydrogen-bond acceptors (Lipinski definition) is 4. The van der Waals surface area contributed by atoms with Crippen molar-refractivity contribution in [1.29, 1.82) is 0 Å². The number of likely N-dealkylation sites (N-methyl/N-ethyl adjacent to an activating group) is 1. The summed E-state index contributed by atoms with van der Waals surface area (Å²) in [5.74, 6) is 0.245. The SMILES string of the molecule is CC(CN)N(C)C(=O)CN1C(=O)CSc2ccccc21. The first kappa shape index (κ1) is 14.9. The van der Waals surface area contributed by atoms with Gasteiger partial charge in [-0.25, -0.2) is 0 Å². The average molecular weight is 293 g/mol. The highest BCUT2D eigenvalue weighted by molar-refractivity contribution is 8.00. The number of benzene rings is 1. The van der Waals surface area contributed by atoms with Crippen LogP contribution in [0.15, 0.2) is 29.2 Å². The minimum absolute atomic E-state index is 0.0316. The standard InChI is InChI=1S/C14H19N3O2S/c1-10(7-15)16(2)13(18)8-17-11-5-3-4-6-12(11)20-9-14(17)19/h3-6,10H,7-9,15H2,1-2H3. The molecule has 2 rings (SSSR count). The molecule has 1 aromatic carbocycles. The Morgan fingerprint density at radius 3 is 2.90 bits per heavy atom. The summed E-state index contributed by atoms with van der Waals surface area (Å²) in [7, 11) is 1.72. The zero-order valence-electron chi connectivity index (χ0n) is 11.7. The predicted molar refractivity (Wildman–Crippen MR) is 80.8 cm³/mol. The van der Waals surface area contributed by atoms with E-state index < -0.39 is 0 Å². The van der Waals surface area contributed by atoms with Crippen LogP contribution in [0, 0.1) is 0 Å². The maximum absolute atomic E-state index is 12.2. The summed E-state index contributed by atoms with van der Waals surface area (Å²) in [4.78, 5) is 28.5. The largest absolute Gasteiger partial charge is 0.340 e. The Kier molecular flexibility index (Phi) is 4.67. The van der Waals surface area contributed by atoms with Gasteiger partial charge in [0.05, 0.1) is 11.4 Å². The number of anilines is 1. The molecule has 0 bridgehead atoms. The van der Waals surface area contributed by atoms with Gasteiger partial charge in [-0.1, -0.05) is 12.1 Å². The first-order valence-corrected chi connectivity index (χ1v) is 7.51. The molecule has 20 heavy (non-hydrogen) atoms. The third kappa shape index (κ3) is 2.96. The minimum Gasteiger partial charge on any atom is -0.340 e. The molecule has 1 aliphatic rings. The van der Waals surface area contributed by atoms with E-state index in [1.165, 1.54) is 11.8 Å². The molecule has 0 spiro atoms. The van der Waals surface area contributed by atoms with E-state index in [2.05, 4.69) is 0 Å². The molecule has 1 atom stereocenters. The van der Waals surface area contributed by atoms with E-state index in [-0.39, 0.29) is 24.4 Å². The van der Waals surface area contributed by atoms with Crippen LogP contribution in [0.3, 0.4) is 0 Å². The minimum atomic E-state index is -0.0991. The van der Waals surface area contributed by atoms with Gasteiger partial charge in [-0.2, -0.15) is 0 Å². The molecular weight excluding hydrogens is 274 g/mol. The summed E-state index contributed by atoms with van der Waals surface area (Å²) < 4.78 is 0.